The quantitative estimate of drug-likeness (QED) is 0.454. The number of methoxy groups -OCH3 is 1. The monoisotopic (exact) mass is 542 g/mol. The van der Waals surface area contributed by atoms with Crippen LogP contribution in [0.3, 0.4) is 0 Å². The molecule has 0 spiro atoms. The summed E-state index contributed by atoms with van der Waals surface area (Å²) in [5.41, 5.74) is 1.74. The van der Waals surface area contributed by atoms with Gasteiger partial charge in [0.2, 0.25) is 0 Å². The Hall–Kier alpha value is -3.56. The molecular formula is C27H27ClN2O6S. The number of halogens is 1. The first kappa shape index (κ1) is 26.5. The third-order valence-electron chi connectivity index (χ3n) is 5.65. The van der Waals surface area contributed by atoms with Crippen LogP contribution < -0.4 is 24.4 Å². The zero-order valence-electron chi connectivity index (χ0n) is 21.1. The molecule has 0 aliphatic carbocycles. The summed E-state index contributed by atoms with van der Waals surface area (Å²) in [6.45, 7) is 7.53. The molecular weight excluding hydrogens is 516 g/mol. The van der Waals surface area contributed by atoms with E-state index >= 15 is 0 Å². The second-order valence-corrected chi connectivity index (χ2v) is 10.0. The zero-order chi connectivity index (χ0) is 26.9. The van der Waals surface area contributed by atoms with Crippen LogP contribution in [0.25, 0.3) is 6.08 Å². The van der Waals surface area contributed by atoms with E-state index in [9.17, 15) is 14.7 Å². The van der Waals surface area contributed by atoms with Crippen LogP contribution in [-0.4, -0.2) is 35.5 Å². The molecule has 1 atom stereocenters. The van der Waals surface area contributed by atoms with Crippen LogP contribution in [0.15, 0.2) is 57.5 Å². The fourth-order valence-electron chi connectivity index (χ4n) is 4.09. The third-order valence-corrected chi connectivity index (χ3v) is 6.92. The lowest BCUT2D eigenvalue weighted by atomic mass is 9.96. The topological polar surface area (TPSA) is 99.4 Å². The van der Waals surface area contributed by atoms with Gasteiger partial charge in [0.05, 0.1) is 46.7 Å². The number of hydrogen-bond donors (Lipinski definition) is 1. The van der Waals surface area contributed by atoms with Crippen molar-refractivity contribution in [2.75, 3.05) is 13.7 Å². The fraction of sp³-hybridized carbons (Fsp3) is 0.296. The Morgan fingerprint density at radius 2 is 1.97 bits per heavy atom. The van der Waals surface area contributed by atoms with Gasteiger partial charge in [-0.1, -0.05) is 35.1 Å². The summed E-state index contributed by atoms with van der Waals surface area (Å²) < 4.78 is 18.2. The van der Waals surface area contributed by atoms with Gasteiger partial charge in [0.15, 0.2) is 16.3 Å². The van der Waals surface area contributed by atoms with Gasteiger partial charge >= 0.3 is 5.97 Å². The largest absolute Gasteiger partial charge is 0.503 e. The molecule has 0 bridgehead atoms. The predicted octanol–water partition coefficient (Wildman–Crippen LogP) is 3.95. The number of rotatable bonds is 7. The number of carbonyl (C=O) groups is 1. The standard InChI is InChI=1S/C27H27ClN2O6S/c1-6-35-26(33)22-15(4)29-27-30(23(22)17-7-9-18(10-8-17)36-14(2)3)25(32)21(37-27)13-16-11-19(28)24(31)20(12-16)34-5/h7-14,23,31H,6H2,1-5H3/b21-13-/t23-/m1/s1. The van der Waals surface area contributed by atoms with Crippen LogP contribution in [0.1, 0.15) is 44.9 Å². The minimum atomic E-state index is -0.733. The summed E-state index contributed by atoms with van der Waals surface area (Å²) in [4.78, 5) is 31.8. The molecule has 2 heterocycles. The maximum atomic E-state index is 13.7. The highest BCUT2D eigenvalue weighted by atomic mass is 35.5. The van der Waals surface area contributed by atoms with Crippen molar-refractivity contribution in [1.82, 2.24) is 4.57 Å². The molecule has 4 rings (SSSR count). The van der Waals surface area contributed by atoms with Crippen molar-refractivity contribution in [3.05, 3.63) is 83.5 Å². The van der Waals surface area contributed by atoms with E-state index in [2.05, 4.69) is 4.99 Å². The lowest BCUT2D eigenvalue weighted by molar-refractivity contribution is -0.139. The molecule has 1 aromatic heterocycles. The number of esters is 1. The number of hydrogen-bond acceptors (Lipinski definition) is 8. The maximum absolute atomic E-state index is 13.7. The number of aromatic hydroxyl groups is 1. The second-order valence-electron chi connectivity index (χ2n) is 8.59. The lowest BCUT2D eigenvalue weighted by Crippen LogP contribution is -2.39. The molecule has 0 radical (unpaired) electrons. The number of fused-ring (bicyclic) bond motifs is 1. The number of benzene rings is 2. The Bertz CT molecular complexity index is 1550. The Labute approximate surface area is 222 Å². The number of allylic oxidation sites excluding steroid dienone is 1. The minimum Gasteiger partial charge on any atom is -0.503 e. The van der Waals surface area contributed by atoms with Crippen molar-refractivity contribution < 1.29 is 24.1 Å². The average molecular weight is 543 g/mol. The smallest absolute Gasteiger partial charge is 0.338 e. The van der Waals surface area contributed by atoms with E-state index in [0.29, 0.717) is 31.9 Å². The van der Waals surface area contributed by atoms with Crippen molar-refractivity contribution in [2.45, 2.75) is 39.8 Å². The average Bonchev–Trinajstić information content (AvgIpc) is 3.15. The van der Waals surface area contributed by atoms with Crippen LogP contribution >= 0.6 is 22.9 Å². The number of thiazole rings is 1. The Morgan fingerprint density at radius 1 is 1.27 bits per heavy atom. The summed E-state index contributed by atoms with van der Waals surface area (Å²) in [6, 6.07) is 9.69. The van der Waals surface area contributed by atoms with E-state index in [1.165, 1.54) is 29.1 Å². The van der Waals surface area contributed by atoms with E-state index in [4.69, 9.17) is 25.8 Å². The molecule has 0 fully saturated rings. The highest BCUT2D eigenvalue weighted by molar-refractivity contribution is 7.07. The Kier molecular flexibility index (Phi) is 7.75. The fourth-order valence-corrected chi connectivity index (χ4v) is 5.36. The Balaban J connectivity index is 1.91. The van der Waals surface area contributed by atoms with E-state index in [0.717, 1.165) is 5.56 Å². The first-order valence-electron chi connectivity index (χ1n) is 11.7. The van der Waals surface area contributed by atoms with Crippen LogP contribution in [-0.2, 0) is 9.53 Å². The van der Waals surface area contributed by atoms with E-state index in [-0.39, 0.29) is 34.8 Å². The molecule has 0 amide bonds. The molecule has 194 valence electrons. The number of carbonyl (C=O) groups excluding carboxylic acids is 1. The molecule has 1 N–H and O–H groups in total. The first-order chi connectivity index (χ1) is 17.6. The van der Waals surface area contributed by atoms with Gasteiger partial charge in [-0.05, 0) is 69.2 Å². The van der Waals surface area contributed by atoms with Gasteiger partial charge in [-0.25, -0.2) is 9.79 Å². The van der Waals surface area contributed by atoms with Crippen LogP contribution in [0.2, 0.25) is 5.02 Å². The summed E-state index contributed by atoms with van der Waals surface area (Å²) in [5.74, 6) is 0.166. The highest BCUT2D eigenvalue weighted by Crippen LogP contribution is 2.35. The number of aromatic nitrogens is 1. The summed E-state index contributed by atoms with van der Waals surface area (Å²) in [5, 5.41) is 10.1. The van der Waals surface area contributed by atoms with Gasteiger partial charge in [-0.15, -0.1) is 0 Å². The molecule has 2 aromatic carbocycles. The minimum absolute atomic E-state index is 0.00721. The lowest BCUT2D eigenvalue weighted by Gasteiger charge is -2.25. The van der Waals surface area contributed by atoms with Crippen molar-refractivity contribution in [3.8, 4) is 17.2 Å². The summed E-state index contributed by atoms with van der Waals surface area (Å²) in [6.07, 6.45) is 1.66. The molecule has 1 aliphatic rings. The highest BCUT2D eigenvalue weighted by Gasteiger charge is 2.33. The molecule has 8 nitrogen and oxygen atoms in total. The zero-order valence-corrected chi connectivity index (χ0v) is 22.6. The van der Waals surface area contributed by atoms with E-state index < -0.39 is 12.0 Å². The molecule has 0 saturated carbocycles. The molecule has 37 heavy (non-hydrogen) atoms. The normalized spacial score (nSPS) is 15.4. The van der Waals surface area contributed by atoms with Crippen LogP contribution in [0.4, 0.5) is 0 Å². The molecule has 10 heteroatoms. The summed E-state index contributed by atoms with van der Waals surface area (Å²) in [7, 11) is 1.42. The number of phenolic OH excluding ortho intramolecular Hbond substituents is 1. The molecule has 0 unspecified atom stereocenters. The van der Waals surface area contributed by atoms with Gasteiger partial charge in [-0.3, -0.25) is 9.36 Å². The number of phenols is 1. The number of nitrogens with zero attached hydrogens (tertiary/aromatic N) is 2. The van der Waals surface area contributed by atoms with Crippen molar-refractivity contribution in [2.24, 2.45) is 4.99 Å². The van der Waals surface area contributed by atoms with Gasteiger partial charge in [-0.2, -0.15) is 0 Å². The Morgan fingerprint density at radius 3 is 2.59 bits per heavy atom. The molecule has 1 aliphatic heterocycles. The van der Waals surface area contributed by atoms with Gasteiger partial charge in [0.25, 0.3) is 5.56 Å². The van der Waals surface area contributed by atoms with Crippen molar-refractivity contribution in [3.63, 3.8) is 0 Å². The van der Waals surface area contributed by atoms with Gasteiger partial charge in [0, 0.05) is 0 Å². The van der Waals surface area contributed by atoms with E-state index in [1.807, 2.05) is 38.1 Å². The maximum Gasteiger partial charge on any atom is 0.338 e. The van der Waals surface area contributed by atoms with Crippen LogP contribution in [0.5, 0.6) is 17.2 Å². The van der Waals surface area contributed by atoms with Crippen LogP contribution in [0, 0.1) is 0 Å². The first-order valence-corrected chi connectivity index (χ1v) is 12.9. The van der Waals surface area contributed by atoms with Gasteiger partial charge in [0.1, 0.15) is 5.75 Å². The third kappa shape index (κ3) is 5.28. The van der Waals surface area contributed by atoms with Crippen molar-refractivity contribution in [1.29, 1.82) is 0 Å². The van der Waals surface area contributed by atoms with Gasteiger partial charge < -0.3 is 19.3 Å². The molecule has 0 saturated heterocycles. The summed E-state index contributed by atoms with van der Waals surface area (Å²) >= 11 is 7.33. The molecule has 3 aromatic rings. The number of ether oxygens (including phenoxy) is 3. The SMILES string of the molecule is CCOC(=O)C1=C(C)N=c2s/c(=C\c3cc(Cl)c(O)c(OC)c3)c(=O)n2[C@@H]1c1ccc(OC(C)C)cc1. The second kappa shape index (κ2) is 10.8. The van der Waals surface area contributed by atoms with Crippen molar-refractivity contribution >= 4 is 35.0 Å². The van der Waals surface area contributed by atoms with E-state index in [1.54, 1.807) is 26.0 Å². The predicted molar refractivity (Wildman–Crippen MR) is 142 cm³/mol.